The molecular weight excluding hydrogens is 144 g/mol. The van der Waals surface area contributed by atoms with Crippen molar-refractivity contribution in [2.24, 2.45) is 7.05 Å². The van der Waals surface area contributed by atoms with Crippen LogP contribution in [0.4, 0.5) is 10.6 Å². The first kappa shape index (κ1) is 6.21. The van der Waals surface area contributed by atoms with E-state index in [9.17, 15) is 4.79 Å². The fourth-order valence-electron chi connectivity index (χ4n) is 1.10. The van der Waals surface area contributed by atoms with Gasteiger partial charge >= 0.3 is 6.03 Å². The van der Waals surface area contributed by atoms with E-state index in [1.807, 2.05) is 13.2 Å². The van der Waals surface area contributed by atoms with Crippen LogP contribution in [-0.4, -0.2) is 15.8 Å². The van der Waals surface area contributed by atoms with E-state index in [1.165, 1.54) is 0 Å². The molecule has 0 unspecified atom stereocenters. The highest BCUT2D eigenvalue weighted by Crippen LogP contribution is 2.14. The van der Waals surface area contributed by atoms with Crippen LogP contribution in [0.3, 0.4) is 0 Å². The highest BCUT2D eigenvalue weighted by molar-refractivity contribution is 5.90. The molecule has 2 heterocycles. The van der Waals surface area contributed by atoms with Gasteiger partial charge in [-0.05, 0) is 0 Å². The first-order chi connectivity index (χ1) is 5.25. The molecule has 0 aromatic carbocycles. The maximum absolute atomic E-state index is 10.8. The van der Waals surface area contributed by atoms with Crippen molar-refractivity contribution in [1.29, 1.82) is 0 Å². The van der Waals surface area contributed by atoms with Crippen LogP contribution in [0.5, 0.6) is 0 Å². The number of hydrogen-bond donors (Lipinski definition) is 2. The lowest BCUT2D eigenvalue weighted by atomic mass is 10.3. The highest BCUT2D eigenvalue weighted by atomic mass is 16.2. The molecule has 0 saturated heterocycles. The SMILES string of the molecule is Cn1cc2c(n1)NC(=O)NC2. The van der Waals surface area contributed by atoms with Gasteiger partial charge in [0.1, 0.15) is 0 Å². The molecule has 2 N–H and O–H groups in total. The first-order valence-corrected chi connectivity index (χ1v) is 3.33. The monoisotopic (exact) mass is 152 g/mol. The molecule has 0 bridgehead atoms. The number of hydrogen-bond acceptors (Lipinski definition) is 2. The van der Waals surface area contributed by atoms with E-state index >= 15 is 0 Å². The van der Waals surface area contributed by atoms with Crippen LogP contribution in [-0.2, 0) is 13.6 Å². The molecule has 1 aliphatic heterocycles. The van der Waals surface area contributed by atoms with E-state index in [1.54, 1.807) is 4.68 Å². The van der Waals surface area contributed by atoms with E-state index in [0.29, 0.717) is 12.4 Å². The molecular formula is C6H8N4O. The van der Waals surface area contributed by atoms with Crippen molar-refractivity contribution < 1.29 is 4.79 Å². The second-order valence-electron chi connectivity index (χ2n) is 2.48. The molecule has 1 aromatic heterocycles. The lowest BCUT2D eigenvalue weighted by Gasteiger charge is -2.11. The molecule has 2 amide bonds. The predicted octanol–water partition coefficient (Wildman–Crippen LogP) is 0.0552. The van der Waals surface area contributed by atoms with Gasteiger partial charge in [-0.25, -0.2) is 4.79 Å². The summed E-state index contributed by atoms with van der Waals surface area (Å²) in [5, 5.41) is 9.29. The molecule has 0 radical (unpaired) electrons. The smallest absolute Gasteiger partial charge is 0.320 e. The zero-order chi connectivity index (χ0) is 7.84. The molecule has 0 spiro atoms. The van der Waals surface area contributed by atoms with Crippen LogP contribution < -0.4 is 10.6 Å². The quantitative estimate of drug-likeness (QED) is 0.552. The third-order valence-electron chi connectivity index (χ3n) is 1.58. The van der Waals surface area contributed by atoms with Gasteiger partial charge in [0.15, 0.2) is 5.82 Å². The number of carbonyl (C=O) groups excluding carboxylic acids is 1. The Kier molecular flexibility index (Phi) is 1.12. The van der Waals surface area contributed by atoms with Crippen molar-refractivity contribution in [3.63, 3.8) is 0 Å². The van der Waals surface area contributed by atoms with Gasteiger partial charge in [0, 0.05) is 25.4 Å². The Morgan fingerprint density at radius 2 is 2.55 bits per heavy atom. The molecule has 0 fully saturated rings. The number of urea groups is 1. The maximum Gasteiger partial charge on any atom is 0.320 e. The summed E-state index contributed by atoms with van der Waals surface area (Å²) < 4.78 is 1.68. The van der Waals surface area contributed by atoms with E-state index in [4.69, 9.17) is 0 Å². The van der Waals surface area contributed by atoms with Crippen molar-refractivity contribution in [2.45, 2.75) is 6.54 Å². The van der Waals surface area contributed by atoms with Gasteiger partial charge in [0.2, 0.25) is 0 Å². The number of rotatable bonds is 0. The minimum Gasteiger partial charge on any atom is -0.334 e. The average Bonchev–Trinajstić information content (AvgIpc) is 2.27. The minimum absolute atomic E-state index is 0.184. The second kappa shape index (κ2) is 1.98. The van der Waals surface area contributed by atoms with Gasteiger partial charge in [0.05, 0.1) is 0 Å². The van der Waals surface area contributed by atoms with Crippen molar-refractivity contribution in [3.05, 3.63) is 11.8 Å². The summed E-state index contributed by atoms with van der Waals surface area (Å²) in [5.41, 5.74) is 1.02. The van der Waals surface area contributed by atoms with Crippen LogP contribution in [0.25, 0.3) is 0 Å². The van der Waals surface area contributed by atoms with Crippen LogP contribution in [0.2, 0.25) is 0 Å². The normalized spacial score (nSPS) is 15.2. The largest absolute Gasteiger partial charge is 0.334 e. The molecule has 2 rings (SSSR count). The molecule has 11 heavy (non-hydrogen) atoms. The highest BCUT2D eigenvalue weighted by Gasteiger charge is 2.15. The van der Waals surface area contributed by atoms with Gasteiger partial charge in [-0.2, -0.15) is 5.10 Å². The third-order valence-corrected chi connectivity index (χ3v) is 1.58. The van der Waals surface area contributed by atoms with Crippen molar-refractivity contribution in [1.82, 2.24) is 15.1 Å². The zero-order valence-electron chi connectivity index (χ0n) is 6.09. The van der Waals surface area contributed by atoms with Crippen LogP contribution in [0.15, 0.2) is 6.20 Å². The number of nitrogens with zero attached hydrogens (tertiary/aromatic N) is 2. The summed E-state index contributed by atoms with van der Waals surface area (Å²) in [6.07, 6.45) is 1.88. The van der Waals surface area contributed by atoms with E-state index in [2.05, 4.69) is 15.7 Å². The number of aryl methyl sites for hydroxylation is 1. The number of amides is 2. The molecule has 58 valence electrons. The number of fused-ring (bicyclic) bond motifs is 1. The van der Waals surface area contributed by atoms with Gasteiger partial charge in [-0.15, -0.1) is 0 Å². The minimum atomic E-state index is -0.184. The lowest BCUT2D eigenvalue weighted by Crippen LogP contribution is -2.32. The Morgan fingerprint density at radius 3 is 3.36 bits per heavy atom. The predicted molar refractivity (Wildman–Crippen MR) is 39.1 cm³/mol. The molecule has 0 atom stereocenters. The van der Waals surface area contributed by atoms with Gasteiger partial charge in [0.25, 0.3) is 0 Å². The maximum atomic E-state index is 10.8. The Hall–Kier alpha value is -1.52. The lowest BCUT2D eigenvalue weighted by molar-refractivity contribution is 0.251. The van der Waals surface area contributed by atoms with E-state index < -0.39 is 0 Å². The number of anilines is 1. The molecule has 0 saturated carbocycles. The Balaban J connectivity index is 2.41. The molecule has 5 nitrogen and oxygen atoms in total. The zero-order valence-corrected chi connectivity index (χ0v) is 6.09. The fraction of sp³-hybridized carbons (Fsp3) is 0.333. The Labute approximate surface area is 63.4 Å². The summed E-state index contributed by atoms with van der Waals surface area (Å²) in [5.74, 6) is 0.663. The summed E-state index contributed by atoms with van der Waals surface area (Å²) in [6, 6.07) is -0.184. The van der Waals surface area contributed by atoms with E-state index in [-0.39, 0.29) is 6.03 Å². The van der Waals surface area contributed by atoms with Crippen LogP contribution in [0, 0.1) is 0 Å². The molecule has 0 aliphatic carbocycles. The van der Waals surface area contributed by atoms with E-state index in [0.717, 1.165) is 5.56 Å². The third kappa shape index (κ3) is 0.938. The Morgan fingerprint density at radius 1 is 1.73 bits per heavy atom. The van der Waals surface area contributed by atoms with Gasteiger partial charge in [-0.3, -0.25) is 10.00 Å². The summed E-state index contributed by atoms with van der Waals surface area (Å²) in [7, 11) is 1.82. The van der Waals surface area contributed by atoms with Gasteiger partial charge < -0.3 is 5.32 Å². The number of nitrogens with one attached hydrogen (secondary N) is 2. The number of aromatic nitrogens is 2. The van der Waals surface area contributed by atoms with Crippen molar-refractivity contribution in [3.8, 4) is 0 Å². The first-order valence-electron chi connectivity index (χ1n) is 3.33. The van der Waals surface area contributed by atoms with Crippen LogP contribution in [0.1, 0.15) is 5.56 Å². The molecule has 1 aliphatic rings. The number of carbonyl (C=O) groups is 1. The standard InChI is InChI=1S/C6H8N4O/c1-10-3-4-2-7-6(11)8-5(4)9-10/h3H,2H2,1H3,(H2,7,8,9,11). The summed E-state index contributed by atoms with van der Waals surface area (Å²) in [4.78, 5) is 10.8. The summed E-state index contributed by atoms with van der Waals surface area (Å²) >= 11 is 0. The van der Waals surface area contributed by atoms with Crippen LogP contribution >= 0.6 is 0 Å². The van der Waals surface area contributed by atoms with Gasteiger partial charge in [-0.1, -0.05) is 0 Å². The second-order valence-corrected chi connectivity index (χ2v) is 2.48. The molecule has 5 heteroatoms. The fourth-order valence-corrected chi connectivity index (χ4v) is 1.10. The van der Waals surface area contributed by atoms with Crippen molar-refractivity contribution in [2.75, 3.05) is 5.32 Å². The summed E-state index contributed by atoms with van der Waals surface area (Å²) in [6.45, 7) is 0.564. The Bertz CT molecular complexity index is 304. The average molecular weight is 152 g/mol. The molecule has 1 aromatic rings. The topological polar surface area (TPSA) is 59.0 Å². The van der Waals surface area contributed by atoms with Crippen molar-refractivity contribution >= 4 is 11.8 Å².